The summed E-state index contributed by atoms with van der Waals surface area (Å²) in [6.07, 6.45) is 0.611. The normalized spacial score (nSPS) is 10.1. The van der Waals surface area contributed by atoms with E-state index in [-0.39, 0.29) is 18.2 Å². The first kappa shape index (κ1) is 19.0. The molecule has 6 heteroatoms. The van der Waals surface area contributed by atoms with Crippen LogP contribution in [0.25, 0.3) is 0 Å². The predicted molar refractivity (Wildman–Crippen MR) is 100 cm³/mol. The molecule has 0 aliphatic heterocycles. The number of benzene rings is 2. The summed E-state index contributed by atoms with van der Waals surface area (Å²) in [5, 5.41) is 5.54. The van der Waals surface area contributed by atoms with Crippen molar-refractivity contribution in [2.45, 2.75) is 12.8 Å². The first-order valence-corrected chi connectivity index (χ1v) is 8.88. The lowest BCUT2D eigenvalue weighted by molar-refractivity contribution is -0.122. The Labute approximate surface area is 155 Å². The predicted octanol–water partition coefficient (Wildman–Crippen LogP) is 2.69. The molecule has 2 N–H and O–H groups in total. The zero-order valence-corrected chi connectivity index (χ0v) is 15.4. The monoisotopic (exact) mass is 404 g/mol. The van der Waals surface area contributed by atoms with Gasteiger partial charge in [0.2, 0.25) is 11.8 Å². The Morgan fingerprint density at radius 3 is 2.36 bits per heavy atom. The van der Waals surface area contributed by atoms with E-state index < -0.39 is 0 Å². The molecule has 0 bridgehead atoms. The summed E-state index contributed by atoms with van der Waals surface area (Å²) in [7, 11) is 0. The van der Waals surface area contributed by atoms with Gasteiger partial charge in [-0.3, -0.25) is 9.59 Å². The van der Waals surface area contributed by atoms with Crippen molar-refractivity contribution in [2.75, 3.05) is 19.7 Å². The molecule has 132 valence electrons. The lowest BCUT2D eigenvalue weighted by Crippen LogP contribution is -2.35. The van der Waals surface area contributed by atoms with Crippen LogP contribution in [0.4, 0.5) is 0 Å². The number of hydrogen-bond acceptors (Lipinski definition) is 3. The molecule has 0 saturated carbocycles. The molecule has 2 aromatic rings. The zero-order valence-electron chi connectivity index (χ0n) is 13.8. The smallest absolute Gasteiger partial charge is 0.224 e. The molecule has 0 saturated heterocycles. The molecule has 25 heavy (non-hydrogen) atoms. The Hall–Kier alpha value is -2.34. The van der Waals surface area contributed by atoms with Gasteiger partial charge in [-0.1, -0.05) is 52.3 Å². The SMILES string of the molecule is O=C(CCOc1cccc(Br)c1)NCCNC(=O)Cc1ccccc1. The fourth-order valence-electron chi connectivity index (χ4n) is 2.15. The lowest BCUT2D eigenvalue weighted by Gasteiger charge is -2.08. The van der Waals surface area contributed by atoms with Crippen LogP contribution in [0, 0.1) is 0 Å². The van der Waals surface area contributed by atoms with E-state index in [1.54, 1.807) is 0 Å². The summed E-state index contributed by atoms with van der Waals surface area (Å²) in [6.45, 7) is 1.11. The Kier molecular flexibility index (Phi) is 7.98. The van der Waals surface area contributed by atoms with E-state index in [0.29, 0.717) is 26.1 Å². The minimum Gasteiger partial charge on any atom is -0.493 e. The van der Waals surface area contributed by atoms with E-state index in [9.17, 15) is 9.59 Å². The Bertz CT molecular complexity index is 692. The quantitative estimate of drug-likeness (QED) is 0.631. The van der Waals surface area contributed by atoms with Crippen molar-refractivity contribution >= 4 is 27.7 Å². The standard InChI is InChI=1S/C19H21BrN2O3/c20-16-7-4-8-17(14-16)25-12-9-18(23)21-10-11-22-19(24)13-15-5-2-1-3-6-15/h1-8,14H,9-13H2,(H,21,23)(H,22,24). The van der Waals surface area contributed by atoms with Crippen LogP contribution in [-0.2, 0) is 16.0 Å². The van der Waals surface area contributed by atoms with Crippen LogP contribution >= 0.6 is 15.9 Å². The van der Waals surface area contributed by atoms with Crippen LogP contribution in [0.1, 0.15) is 12.0 Å². The van der Waals surface area contributed by atoms with Crippen molar-refractivity contribution in [1.29, 1.82) is 0 Å². The molecule has 0 unspecified atom stereocenters. The second-order valence-corrected chi connectivity index (χ2v) is 6.33. The van der Waals surface area contributed by atoms with Gasteiger partial charge in [0, 0.05) is 17.6 Å². The van der Waals surface area contributed by atoms with Crippen molar-refractivity contribution in [1.82, 2.24) is 10.6 Å². The van der Waals surface area contributed by atoms with Crippen LogP contribution in [0.3, 0.4) is 0 Å². The number of halogens is 1. The zero-order chi connectivity index (χ0) is 17.9. The van der Waals surface area contributed by atoms with Gasteiger partial charge in [0.1, 0.15) is 5.75 Å². The molecule has 0 radical (unpaired) electrons. The molecule has 2 aromatic carbocycles. The largest absolute Gasteiger partial charge is 0.493 e. The molecule has 0 spiro atoms. The minimum absolute atomic E-state index is 0.0570. The van der Waals surface area contributed by atoms with Gasteiger partial charge in [0.15, 0.2) is 0 Å². The van der Waals surface area contributed by atoms with Crippen molar-refractivity contribution < 1.29 is 14.3 Å². The van der Waals surface area contributed by atoms with E-state index in [1.807, 2.05) is 54.6 Å². The number of rotatable bonds is 9. The van der Waals surface area contributed by atoms with Crippen LogP contribution in [0.15, 0.2) is 59.1 Å². The molecule has 0 aromatic heterocycles. The van der Waals surface area contributed by atoms with Crippen LogP contribution in [0.2, 0.25) is 0 Å². The molecule has 5 nitrogen and oxygen atoms in total. The first-order chi connectivity index (χ1) is 12.1. The highest BCUT2D eigenvalue weighted by Gasteiger charge is 2.04. The molecule has 0 aliphatic carbocycles. The maximum absolute atomic E-state index is 11.8. The van der Waals surface area contributed by atoms with E-state index in [0.717, 1.165) is 15.8 Å². The first-order valence-electron chi connectivity index (χ1n) is 8.09. The van der Waals surface area contributed by atoms with Crippen LogP contribution < -0.4 is 15.4 Å². The molecular weight excluding hydrogens is 384 g/mol. The summed E-state index contributed by atoms with van der Waals surface area (Å²) in [5.41, 5.74) is 0.966. The van der Waals surface area contributed by atoms with Gasteiger partial charge < -0.3 is 15.4 Å². The maximum atomic E-state index is 11.8. The molecule has 0 atom stereocenters. The molecule has 2 rings (SSSR count). The average molecular weight is 405 g/mol. The number of amides is 2. The van der Waals surface area contributed by atoms with E-state index in [2.05, 4.69) is 26.6 Å². The third-order valence-corrected chi connectivity index (χ3v) is 3.86. The molecule has 0 aliphatic rings. The van der Waals surface area contributed by atoms with Crippen LogP contribution in [-0.4, -0.2) is 31.5 Å². The number of carbonyl (C=O) groups is 2. The summed E-state index contributed by atoms with van der Waals surface area (Å²) in [4.78, 5) is 23.5. The summed E-state index contributed by atoms with van der Waals surface area (Å²) < 4.78 is 6.44. The van der Waals surface area contributed by atoms with Gasteiger partial charge >= 0.3 is 0 Å². The topological polar surface area (TPSA) is 67.4 Å². The van der Waals surface area contributed by atoms with Gasteiger partial charge in [0.25, 0.3) is 0 Å². The fourth-order valence-corrected chi connectivity index (χ4v) is 2.53. The van der Waals surface area contributed by atoms with Gasteiger partial charge in [-0.25, -0.2) is 0 Å². The molecule has 2 amide bonds. The highest BCUT2D eigenvalue weighted by Crippen LogP contribution is 2.17. The molecule has 0 heterocycles. The third kappa shape index (κ3) is 7.85. The van der Waals surface area contributed by atoms with E-state index in [1.165, 1.54) is 0 Å². The minimum atomic E-state index is -0.104. The van der Waals surface area contributed by atoms with Gasteiger partial charge in [0.05, 0.1) is 19.4 Å². The Morgan fingerprint density at radius 2 is 1.64 bits per heavy atom. The highest BCUT2D eigenvalue weighted by molar-refractivity contribution is 9.10. The number of hydrogen-bond donors (Lipinski definition) is 2. The number of ether oxygens (including phenoxy) is 1. The Balaban J connectivity index is 1.54. The average Bonchev–Trinajstić information content (AvgIpc) is 2.60. The second kappa shape index (κ2) is 10.5. The number of nitrogens with one attached hydrogen (secondary N) is 2. The lowest BCUT2D eigenvalue weighted by atomic mass is 10.1. The summed E-state index contributed by atoms with van der Waals surface area (Å²) in [5.74, 6) is 0.557. The van der Waals surface area contributed by atoms with Crippen molar-refractivity contribution in [3.05, 3.63) is 64.6 Å². The maximum Gasteiger partial charge on any atom is 0.224 e. The summed E-state index contributed by atoms with van der Waals surface area (Å²) in [6, 6.07) is 17.0. The molecular formula is C19H21BrN2O3. The van der Waals surface area contributed by atoms with Crippen LogP contribution in [0.5, 0.6) is 5.75 Å². The molecule has 0 fully saturated rings. The summed E-state index contributed by atoms with van der Waals surface area (Å²) >= 11 is 3.36. The van der Waals surface area contributed by atoms with Crippen molar-refractivity contribution in [2.24, 2.45) is 0 Å². The van der Waals surface area contributed by atoms with Crippen molar-refractivity contribution in [3.8, 4) is 5.75 Å². The Morgan fingerprint density at radius 1 is 0.920 bits per heavy atom. The number of carbonyl (C=O) groups excluding carboxylic acids is 2. The van der Waals surface area contributed by atoms with Crippen molar-refractivity contribution in [3.63, 3.8) is 0 Å². The highest BCUT2D eigenvalue weighted by atomic mass is 79.9. The van der Waals surface area contributed by atoms with E-state index >= 15 is 0 Å². The van der Waals surface area contributed by atoms with E-state index in [4.69, 9.17) is 4.74 Å². The fraction of sp³-hybridized carbons (Fsp3) is 0.263. The third-order valence-electron chi connectivity index (χ3n) is 3.37. The van der Waals surface area contributed by atoms with Gasteiger partial charge in [-0.15, -0.1) is 0 Å². The second-order valence-electron chi connectivity index (χ2n) is 5.42. The van der Waals surface area contributed by atoms with Gasteiger partial charge in [-0.05, 0) is 23.8 Å². The van der Waals surface area contributed by atoms with Gasteiger partial charge in [-0.2, -0.15) is 0 Å².